The molecule has 0 bridgehead atoms. The van der Waals surface area contributed by atoms with Crippen molar-refractivity contribution in [3.63, 3.8) is 0 Å². The largest absolute Gasteiger partial charge is 0.467 e. The summed E-state index contributed by atoms with van der Waals surface area (Å²) in [6.45, 7) is 1.28. The van der Waals surface area contributed by atoms with E-state index in [1.807, 2.05) is 0 Å². The molecule has 2 atom stereocenters. The lowest BCUT2D eigenvalue weighted by molar-refractivity contribution is -0.144. The first-order valence-electron chi connectivity index (χ1n) is 4.48. The van der Waals surface area contributed by atoms with Gasteiger partial charge in [-0.1, -0.05) is 0 Å². The van der Waals surface area contributed by atoms with E-state index in [1.165, 1.54) is 14.0 Å². The van der Waals surface area contributed by atoms with Crippen molar-refractivity contribution in [2.24, 2.45) is 0 Å². The monoisotopic (exact) mass is 237 g/mol. The zero-order chi connectivity index (χ0) is 11.8. The van der Waals surface area contributed by atoms with Crippen LogP contribution >= 0.6 is 7.80 Å². The highest BCUT2D eigenvalue weighted by Gasteiger charge is 2.20. The fourth-order valence-corrected chi connectivity index (χ4v) is 1.79. The molecule has 0 rings (SSSR count). The van der Waals surface area contributed by atoms with Crippen LogP contribution in [0.5, 0.6) is 0 Å². The summed E-state index contributed by atoms with van der Waals surface area (Å²) in [6, 6.07) is -0.784. The summed E-state index contributed by atoms with van der Waals surface area (Å²) in [6.07, 6.45) is 0.0461. The van der Waals surface area contributed by atoms with Gasteiger partial charge in [0.15, 0.2) is 0 Å². The molecule has 0 saturated heterocycles. The van der Waals surface area contributed by atoms with Gasteiger partial charge in [0.2, 0.25) is 5.91 Å². The highest BCUT2D eigenvalue weighted by molar-refractivity contribution is 7.44. The molecule has 0 aromatic carbocycles. The molecule has 0 aliphatic rings. The number of hydrogen-bond donors (Lipinski definition) is 2. The molecule has 0 aromatic heterocycles. The second kappa shape index (κ2) is 7.43. The summed E-state index contributed by atoms with van der Waals surface area (Å²) in [5.41, 5.74) is 0. The standard InChI is InChI=1S/C8H16NO5P/c1-6(11)9-7(8(12)14-2)3-4-15(13)5-10/h7,10,15H,3-5H2,1-2H3,(H,9,11)/t7-/m0/s1. The van der Waals surface area contributed by atoms with Gasteiger partial charge in [0, 0.05) is 13.1 Å². The topological polar surface area (TPSA) is 92.7 Å². The Hall–Kier alpha value is -0.870. The van der Waals surface area contributed by atoms with E-state index in [-0.39, 0.29) is 24.8 Å². The highest BCUT2D eigenvalue weighted by Crippen LogP contribution is 2.20. The summed E-state index contributed by atoms with van der Waals surface area (Å²) < 4.78 is 15.5. The average molecular weight is 237 g/mol. The van der Waals surface area contributed by atoms with Crippen molar-refractivity contribution < 1.29 is 24.0 Å². The predicted octanol–water partition coefficient (Wildman–Crippen LogP) is -0.436. The molecular formula is C8H16NO5P. The molecule has 15 heavy (non-hydrogen) atoms. The number of esters is 1. The zero-order valence-corrected chi connectivity index (χ0v) is 9.78. The van der Waals surface area contributed by atoms with Crippen LogP contribution in [0.2, 0.25) is 0 Å². The molecule has 1 unspecified atom stereocenters. The molecule has 0 aromatic rings. The Morgan fingerprint density at radius 3 is 2.53 bits per heavy atom. The first-order chi connectivity index (χ1) is 7.01. The maximum absolute atomic E-state index is 11.2. The van der Waals surface area contributed by atoms with Crippen LogP contribution < -0.4 is 5.32 Å². The van der Waals surface area contributed by atoms with Crippen molar-refractivity contribution in [1.82, 2.24) is 5.32 Å². The lowest BCUT2D eigenvalue weighted by Crippen LogP contribution is -2.40. The van der Waals surface area contributed by atoms with Gasteiger partial charge in [-0.2, -0.15) is 0 Å². The van der Waals surface area contributed by atoms with E-state index in [0.717, 1.165) is 0 Å². The molecule has 0 radical (unpaired) electrons. The van der Waals surface area contributed by atoms with Gasteiger partial charge >= 0.3 is 5.97 Å². The van der Waals surface area contributed by atoms with E-state index >= 15 is 0 Å². The molecule has 7 heteroatoms. The third-order valence-electron chi connectivity index (χ3n) is 1.75. The van der Waals surface area contributed by atoms with E-state index < -0.39 is 19.8 Å². The van der Waals surface area contributed by atoms with Crippen LogP contribution in [-0.2, 0) is 18.9 Å². The number of ether oxygens (including phenoxy) is 1. The van der Waals surface area contributed by atoms with Gasteiger partial charge in [0.25, 0.3) is 0 Å². The van der Waals surface area contributed by atoms with Crippen LogP contribution in [0.15, 0.2) is 0 Å². The first-order valence-corrected chi connectivity index (χ1v) is 6.31. The quantitative estimate of drug-likeness (QED) is 0.482. The molecule has 0 heterocycles. The lowest BCUT2D eigenvalue weighted by atomic mass is 10.2. The zero-order valence-electron chi connectivity index (χ0n) is 8.78. The molecule has 6 nitrogen and oxygen atoms in total. The second-order valence-corrected chi connectivity index (χ2v) is 4.91. The summed E-state index contributed by atoms with van der Waals surface area (Å²) in [5.74, 6) is -0.924. The minimum Gasteiger partial charge on any atom is -0.467 e. The molecule has 0 spiro atoms. The van der Waals surface area contributed by atoms with Crippen LogP contribution in [0.1, 0.15) is 13.3 Å². The van der Waals surface area contributed by atoms with E-state index in [2.05, 4.69) is 10.1 Å². The molecule has 88 valence electrons. The predicted molar refractivity (Wildman–Crippen MR) is 55.2 cm³/mol. The molecule has 2 N–H and O–H groups in total. The Kier molecular flexibility index (Phi) is 6.99. The van der Waals surface area contributed by atoms with Crippen LogP contribution in [-0.4, -0.2) is 42.6 Å². The van der Waals surface area contributed by atoms with Gasteiger partial charge in [-0.3, -0.25) is 4.79 Å². The van der Waals surface area contributed by atoms with Crippen LogP contribution in [0.3, 0.4) is 0 Å². The Labute approximate surface area is 88.8 Å². The normalized spacial score (nSPS) is 14.1. The molecule has 0 saturated carbocycles. The van der Waals surface area contributed by atoms with E-state index in [1.54, 1.807) is 0 Å². The summed E-state index contributed by atoms with van der Waals surface area (Å²) in [7, 11) is -0.839. The van der Waals surface area contributed by atoms with Gasteiger partial charge in [-0.25, -0.2) is 4.79 Å². The van der Waals surface area contributed by atoms with E-state index in [0.29, 0.717) is 0 Å². The number of aliphatic hydroxyl groups excluding tert-OH is 1. The second-order valence-electron chi connectivity index (χ2n) is 3.01. The summed E-state index contributed by atoms with van der Waals surface area (Å²) in [4.78, 5) is 21.9. The maximum Gasteiger partial charge on any atom is 0.328 e. The lowest BCUT2D eigenvalue weighted by Gasteiger charge is -2.14. The molecule has 0 fully saturated rings. The number of nitrogens with one attached hydrogen (secondary N) is 1. The fourth-order valence-electron chi connectivity index (χ4n) is 1.02. The number of rotatable bonds is 6. The van der Waals surface area contributed by atoms with Crippen molar-refractivity contribution in [2.45, 2.75) is 19.4 Å². The van der Waals surface area contributed by atoms with Crippen LogP contribution in [0.25, 0.3) is 0 Å². The number of amides is 1. The minimum absolute atomic E-state index is 0.210. The number of aliphatic hydroxyl groups is 1. The van der Waals surface area contributed by atoms with Gasteiger partial charge in [0.05, 0.1) is 13.5 Å². The number of hydrogen-bond acceptors (Lipinski definition) is 5. The summed E-state index contributed by atoms with van der Waals surface area (Å²) in [5, 5.41) is 10.9. The smallest absolute Gasteiger partial charge is 0.328 e. The number of methoxy groups -OCH3 is 1. The Bertz CT molecular complexity index is 255. The maximum atomic E-state index is 11.2. The Balaban J connectivity index is 4.18. The number of carbonyl (C=O) groups is 2. The fraction of sp³-hybridized carbons (Fsp3) is 0.750. The Morgan fingerprint density at radius 2 is 2.13 bits per heavy atom. The van der Waals surface area contributed by atoms with Gasteiger partial charge in [-0.15, -0.1) is 0 Å². The first kappa shape index (κ1) is 14.1. The molecule has 0 aliphatic heterocycles. The average Bonchev–Trinajstić information content (AvgIpc) is 2.21. The van der Waals surface area contributed by atoms with Crippen molar-refractivity contribution >= 4 is 19.7 Å². The molecule has 0 aliphatic carbocycles. The van der Waals surface area contributed by atoms with Crippen LogP contribution in [0, 0.1) is 0 Å². The van der Waals surface area contributed by atoms with Crippen LogP contribution in [0.4, 0.5) is 0 Å². The van der Waals surface area contributed by atoms with Crippen molar-refractivity contribution in [1.29, 1.82) is 0 Å². The Morgan fingerprint density at radius 1 is 1.53 bits per heavy atom. The van der Waals surface area contributed by atoms with E-state index in [9.17, 15) is 14.2 Å². The number of carbonyl (C=O) groups excluding carboxylic acids is 2. The van der Waals surface area contributed by atoms with Gasteiger partial charge < -0.3 is 19.7 Å². The molecule has 1 amide bonds. The highest BCUT2D eigenvalue weighted by atomic mass is 31.1. The third-order valence-corrected chi connectivity index (χ3v) is 2.95. The molecular weight excluding hydrogens is 221 g/mol. The minimum atomic E-state index is -2.05. The van der Waals surface area contributed by atoms with Crippen molar-refractivity contribution in [3.8, 4) is 0 Å². The van der Waals surface area contributed by atoms with Gasteiger partial charge in [0.1, 0.15) is 13.8 Å². The van der Waals surface area contributed by atoms with Crippen molar-refractivity contribution in [2.75, 3.05) is 19.6 Å². The van der Waals surface area contributed by atoms with E-state index in [4.69, 9.17) is 5.11 Å². The van der Waals surface area contributed by atoms with Crippen molar-refractivity contribution in [3.05, 3.63) is 0 Å². The van der Waals surface area contributed by atoms with Gasteiger partial charge in [-0.05, 0) is 6.42 Å². The third kappa shape index (κ3) is 6.25. The SMILES string of the molecule is COC(=O)[C@H](CC[PH](=O)CO)NC(C)=O. The summed E-state index contributed by atoms with van der Waals surface area (Å²) >= 11 is 0.